The number of pyridine rings is 1. The van der Waals surface area contributed by atoms with Crippen LogP contribution < -0.4 is 15.8 Å². The van der Waals surface area contributed by atoms with Gasteiger partial charge in [-0.15, -0.1) is 0 Å². The second-order valence-corrected chi connectivity index (χ2v) is 8.94. The quantitative estimate of drug-likeness (QED) is 0.524. The first-order valence-corrected chi connectivity index (χ1v) is 10.1. The van der Waals surface area contributed by atoms with Crippen molar-refractivity contribution in [2.75, 3.05) is 13.4 Å². The first-order valence-electron chi connectivity index (χ1n) is 8.22. The van der Waals surface area contributed by atoms with Crippen molar-refractivity contribution in [1.82, 2.24) is 10.0 Å². The first kappa shape index (κ1) is 21.6. The summed E-state index contributed by atoms with van der Waals surface area (Å²) in [5.74, 6) is -1.32. The molecule has 0 fully saturated rings. The number of carbonyl (C=O) groups is 1. The lowest BCUT2D eigenvalue weighted by Crippen LogP contribution is -2.50. The van der Waals surface area contributed by atoms with E-state index in [1.165, 1.54) is 12.6 Å². The first-order chi connectivity index (χ1) is 13.0. The third kappa shape index (κ3) is 4.23. The van der Waals surface area contributed by atoms with E-state index in [9.17, 15) is 22.4 Å². The lowest BCUT2D eigenvalue weighted by atomic mass is 10.1. The molecule has 0 unspecified atom stereocenters. The molecule has 2 N–H and O–H groups in total. The number of rotatable bonds is 7. The normalized spacial score (nSPS) is 13.6. The number of nitrogens with one attached hydrogen (secondary N) is 1. The van der Waals surface area contributed by atoms with Crippen LogP contribution >= 0.6 is 0 Å². The van der Waals surface area contributed by atoms with E-state index in [-0.39, 0.29) is 18.5 Å². The molecule has 8 nitrogen and oxygen atoms in total. The largest absolute Gasteiger partial charge is 0.497 e. The van der Waals surface area contributed by atoms with Gasteiger partial charge in [0.05, 0.1) is 7.11 Å². The highest BCUT2D eigenvalue weighted by Crippen LogP contribution is 2.26. The van der Waals surface area contributed by atoms with Crippen LogP contribution in [0.25, 0.3) is 11.1 Å². The molecular formula is C18H21FN2O6S. The zero-order valence-electron chi connectivity index (χ0n) is 15.6. The Labute approximate surface area is 161 Å². The van der Waals surface area contributed by atoms with Gasteiger partial charge in [0.2, 0.25) is 0 Å². The van der Waals surface area contributed by atoms with Gasteiger partial charge in [0.1, 0.15) is 11.6 Å². The minimum Gasteiger partial charge on any atom is -0.497 e. The van der Waals surface area contributed by atoms with Crippen LogP contribution in [-0.2, 0) is 21.2 Å². The predicted molar refractivity (Wildman–Crippen MR) is 100 cm³/mol. The van der Waals surface area contributed by atoms with E-state index < -0.39 is 31.9 Å². The number of nitrogens with zero attached hydrogens (tertiary/aromatic N) is 1. The van der Waals surface area contributed by atoms with E-state index >= 15 is 0 Å². The average molecular weight is 412 g/mol. The van der Waals surface area contributed by atoms with Gasteiger partial charge in [0.15, 0.2) is 14.6 Å². The number of ether oxygens (including phenoxy) is 1. The molecule has 1 atom stereocenters. The maximum atomic E-state index is 14.6. The average Bonchev–Trinajstić information content (AvgIpc) is 2.66. The smallest absolute Gasteiger partial charge is 0.264 e. The van der Waals surface area contributed by atoms with E-state index in [0.29, 0.717) is 11.3 Å². The van der Waals surface area contributed by atoms with Gasteiger partial charge in [-0.2, -0.15) is 0 Å². The maximum Gasteiger partial charge on any atom is 0.264 e. The van der Waals surface area contributed by atoms with E-state index in [1.54, 1.807) is 24.3 Å². The summed E-state index contributed by atoms with van der Waals surface area (Å²) < 4.78 is 42.6. The van der Waals surface area contributed by atoms with Crippen LogP contribution in [0.2, 0.25) is 0 Å². The van der Waals surface area contributed by atoms with Crippen molar-refractivity contribution >= 4 is 15.7 Å². The Balaban J connectivity index is 2.37. The molecule has 0 aliphatic heterocycles. The van der Waals surface area contributed by atoms with Crippen LogP contribution in [0.4, 0.5) is 4.39 Å². The minimum atomic E-state index is -3.92. The fourth-order valence-electron chi connectivity index (χ4n) is 2.65. The summed E-state index contributed by atoms with van der Waals surface area (Å²) in [5.41, 5.74) is 1.27. The zero-order chi connectivity index (χ0) is 21.1. The number of hydrogen-bond donors (Lipinski definition) is 2. The van der Waals surface area contributed by atoms with Gasteiger partial charge in [-0.1, -0.05) is 12.1 Å². The summed E-state index contributed by atoms with van der Waals surface area (Å²) >= 11 is 0. The van der Waals surface area contributed by atoms with E-state index in [2.05, 4.69) is 0 Å². The number of carbonyl (C=O) groups excluding carboxylic acids is 1. The molecule has 1 heterocycles. The molecule has 1 amide bonds. The van der Waals surface area contributed by atoms with Crippen LogP contribution in [-0.4, -0.2) is 42.2 Å². The number of sulfone groups is 1. The van der Waals surface area contributed by atoms with Gasteiger partial charge in [-0.25, -0.2) is 18.3 Å². The van der Waals surface area contributed by atoms with E-state index in [0.717, 1.165) is 30.0 Å². The van der Waals surface area contributed by atoms with Crippen molar-refractivity contribution < 1.29 is 27.5 Å². The summed E-state index contributed by atoms with van der Waals surface area (Å²) in [7, 11) is -2.46. The minimum absolute atomic E-state index is 0.0686. The molecule has 2 rings (SSSR count). The molecule has 0 radical (unpaired) electrons. The SMILES string of the molecule is COc1cccc(-c2cc(=O)n(CC[C@](C)(C(=O)NO)S(C)(=O)=O)cc2F)c1. The van der Waals surface area contributed by atoms with Crippen molar-refractivity contribution in [2.24, 2.45) is 0 Å². The fourth-order valence-corrected chi connectivity index (χ4v) is 3.50. The van der Waals surface area contributed by atoms with Crippen molar-refractivity contribution in [3.8, 4) is 16.9 Å². The molecule has 0 aliphatic carbocycles. The molecule has 10 heteroatoms. The van der Waals surface area contributed by atoms with E-state index in [4.69, 9.17) is 9.94 Å². The van der Waals surface area contributed by atoms with Crippen molar-refractivity contribution in [3.05, 3.63) is 52.7 Å². The number of amides is 1. The molecule has 0 spiro atoms. The Hall–Kier alpha value is -2.72. The van der Waals surface area contributed by atoms with Gasteiger partial charge < -0.3 is 9.30 Å². The molecule has 0 aliphatic rings. The Morgan fingerprint density at radius 1 is 1.36 bits per heavy atom. The number of aryl methyl sites for hydroxylation is 1. The molecular weight excluding hydrogens is 391 g/mol. The lowest BCUT2D eigenvalue weighted by molar-refractivity contribution is -0.131. The second kappa shape index (κ2) is 8.11. The van der Waals surface area contributed by atoms with Crippen LogP contribution in [0.15, 0.2) is 41.3 Å². The number of halogens is 1. The molecule has 0 saturated heterocycles. The van der Waals surface area contributed by atoms with Crippen molar-refractivity contribution in [1.29, 1.82) is 0 Å². The number of benzene rings is 1. The summed E-state index contributed by atoms with van der Waals surface area (Å²) in [5, 5.41) is 8.83. The number of aromatic nitrogens is 1. The fraction of sp³-hybridized carbons (Fsp3) is 0.333. The molecule has 0 saturated carbocycles. The molecule has 152 valence electrons. The Morgan fingerprint density at radius 2 is 2.04 bits per heavy atom. The van der Waals surface area contributed by atoms with Gasteiger partial charge in [0.25, 0.3) is 11.5 Å². The molecule has 2 aromatic rings. The van der Waals surface area contributed by atoms with Crippen molar-refractivity contribution in [3.63, 3.8) is 0 Å². The van der Waals surface area contributed by atoms with Crippen LogP contribution in [0.1, 0.15) is 13.3 Å². The van der Waals surface area contributed by atoms with Gasteiger partial charge >= 0.3 is 0 Å². The van der Waals surface area contributed by atoms with Crippen LogP contribution in [0, 0.1) is 5.82 Å². The Kier molecular flexibility index (Phi) is 6.25. The summed E-state index contributed by atoms with van der Waals surface area (Å²) in [6.45, 7) is 0.880. The standard InChI is InChI=1S/C18H21FN2O6S/c1-18(17(23)20-24,28(3,25)26)7-8-21-11-15(19)14(10-16(21)22)12-5-4-6-13(9-12)27-2/h4-6,9-11,24H,7-8H2,1-3H3,(H,20,23)/t18-/m1/s1. The summed E-state index contributed by atoms with van der Waals surface area (Å²) in [6.07, 6.45) is 1.46. The number of methoxy groups -OCH3 is 1. The highest BCUT2D eigenvalue weighted by Gasteiger charge is 2.43. The van der Waals surface area contributed by atoms with Gasteiger partial charge in [-0.3, -0.25) is 14.8 Å². The highest BCUT2D eigenvalue weighted by atomic mass is 32.2. The van der Waals surface area contributed by atoms with Gasteiger partial charge in [0, 0.05) is 30.6 Å². The number of hydroxylamine groups is 1. The monoisotopic (exact) mass is 412 g/mol. The van der Waals surface area contributed by atoms with Crippen LogP contribution in [0.5, 0.6) is 5.75 Å². The Morgan fingerprint density at radius 3 is 2.61 bits per heavy atom. The second-order valence-electron chi connectivity index (χ2n) is 6.49. The zero-order valence-corrected chi connectivity index (χ0v) is 16.4. The molecule has 1 aromatic heterocycles. The third-order valence-electron chi connectivity index (χ3n) is 4.69. The summed E-state index contributed by atoms with van der Waals surface area (Å²) in [6, 6.07) is 7.63. The van der Waals surface area contributed by atoms with Crippen LogP contribution in [0.3, 0.4) is 0 Å². The van der Waals surface area contributed by atoms with Gasteiger partial charge in [-0.05, 0) is 31.0 Å². The molecule has 1 aromatic carbocycles. The highest BCUT2D eigenvalue weighted by molar-refractivity contribution is 7.92. The maximum absolute atomic E-state index is 14.6. The summed E-state index contributed by atoms with van der Waals surface area (Å²) in [4.78, 5) is 24.2. The number of hydrogen-bond acceptors (Lipinski definition) is 6. The predicted octanol–water partition coefficient (Wildman–Crippen LogP) is 1.36. The topological polar surface area (TPSA) is 115 Å². The molecule has 28 heavy (non-hydrogen) atoms. The Bertz CT molecular complexity index is 1050. The van der Waals surface area contributed by atoms with E-state index in [1.807, 2.05) is 0 Å². The molecule has 0 bridgehead atoms. The third-order valence-corrected chi connectivity index (χ3v) is 6.71. The van der Waals surface area contributed by atoms with Crippen molar-refractivity contribution in [2.45, 2.75) is 24.6 Å². The lowest BCUT2D eigenvalue weighted by Gasteiger charge is -2.25.